The number of aromatic nitrogens is 4. The summed E-state index contributed by atoms with van der Waals surface area (Å²) in [5, 5.41) is 15.5. The van der Waals surface area contributed by atoms with E-state index in [4.69, 9.17) is 19.0 Å². The minimum atomic E-state index is -2.02. The van der Waals surface area contributed by atoms with Gasteiger partial charge < -0.3 is 24.1 Å². The van der Waals surface area contributed by atoms with Crippen LogP contribution >= 0.6 is 0 Å². The summed E-state index contributed by atoms with van der Waals surface area (Å²) in [7, 11) is -0.391. The fourth-order valence-electron chi connectivity index (χ4n) is 6.50. The number of rotatable bonds is 13. The Morgan fingerprint density at radius 1 is 1.00 bits per heavy atom. The fraction of sp³-hybridized carbons (Fsp3) is 0.390. The minimum absolute atomic E-state index is 0.0522. The first-order valence-corrected chi connectivity index (χ1v) is 21.4. The molecular formula is C41H51F2N7O4Si. The van der Waals surface area contributed by atoms with Crippen molar-refractivity contribution in [3.05, 3.63) is 114 Å². The Bertz CT molecular complexity index is 2080. The van der Waals surface area contributed by atoms with Crippen LogP contribution < -0.4 is 25.0 Å². The monoisotopic (exact) mass is 771 g/mol. The van der Waals surface area contributed by atoms with Crippen LogP contribution in [0.4, 0.5) is 25.1 Å². The quantitative estimate of drug-likeness (QED) is 0.116. The molecule has 1 saturated heterocycles. The standard InChI is InChI=1S/C41H51F2N7O4Si/c1-27(54-55(7,8)41(3,4)5)26-53-39-28(2)38(50(47-39)31-12-10-9-11-13-31)46-40(51)45-37-25-48(24-34(37)30-16-19-35(42)36(43)20-30)32-21-44-49(23-32)22-29-14-17-33(52-6)18-15-29/h9-21,23,27,34,37H,22,24-26H2,1-8H3,(H2,45,46,51)/t27?,34-,37+/m0/s1. The van der Waals surface area contributed by atoms with Crippen molar-refractivity contribution in [2.75, 3.05) is 37.0 Å². The highest BCUT2D eigenvalue weighted by Gasteiger charge is 2.39. The molecule has 3 aromatic carbocycles. The zero-order valence-corrected chi connectivity index (χ0v) is 33.8. The van der Waals surface area contributed by atoms with Gasteiger partial charge in [-0.05, 0) is 79.5 Å². The van der Waals surface area contributed by atoms with E-state index in [0.29, 0.717) is 42.5 Å². The molecule has 3 atom stereocenters. The molecule has 1 aliphatic heterocycles. The van der Waals surface area contributed by atoms with E-state index in [2.05, 4.69) is 54.5 Å². The number of para-hydroxylation sites is 1. The maximum absolute atomic E-state index is 14.5. The highest BCUT2D eigenvalue weighted by molar-refractivity contribution is 6.74. The van der Waals surface area contributed by atoms with E-state index in [1.54, 1.807) is 24.1 Å². The van der Waals surface area contributed by atoms with Crippen molar-refractivity contribution < 1.29 is 27.5 Å². The number of nitrogens with one attached hydrogen (secondary N) is 2. The van der Waals surface area contributed by atoms with Crippen LogP contribution in [0.1, 0.15) is 50.3 Å². The number of benzene rings is 3. The van der Waals surface area contributed by atoms with Crippen molar-refractivity contribution in [1.82, 2.24) is 24.9 Å². The van der Waals surface area contributed by atoms with Gasteiger partial charge in [-0.3, -0.25) is 10.00 Å². The first-order valence-electron chi connectivity index (χ1n) is 18.5. The maximum Gasteiger partial charge on any atom is 0.320 e. The Morgan fingerprint density at radius 3 is 2.40 bits per heavy atom. The lowest BCUT2D eigenvalue weighted by Gasteiger charge is -2.38. The van der Waals surface area contributed by atoms with Crippen molar-refractivity contribution in [2.24, 2.45) is 0 Å². The van der Waals surface area contributed by atoms with Gasteiger partial charge in [0.1, 0.15) is 18.2 Å². The number of ether oxygens (including phenoxy) is 2. The van der Waals surface area contributed by atoms with E-state index >= 15 is 0 Å². The van der Waals surface area contributed by atoms with E-state index in [1.165, 1.54) is 6.07 Å². The molecule has 292 valence electrons. The second kappa shape index (κ2) is 16.3. The van der Waals surface area contributed by atoms with Gasteiger partial charge in [0.2, 0.25) is 5.88 Å². The van der Waals surface area contributed by atoms with Crippen molar-refractivity contribution in [2.45, 2.75) is 77.4 Å². The summed E-state index contributed by atoms with van der Waals surface area (Å²) in [4.78, 5) is 16.0. The third kappa shape index (κ3) is 9.19. The predicted molar refractivity (Wildman–Crippen MR) is 213 cm³/mol. The number of anilines is 2. The molecule has 5 aromatic rings. The minimum Gasteiger partial charge on any atom is -0.497 e. The van der Waals surface area contributed by atoms with Crippen LogP contribution in [0, 0.1) is 18.6 Å². The Hall–Kier alpha value is -5.21. The number of nitrogens with zero attached hydrogens (tertiary/aromatic N) is 5. The molecular weight excluding hydrogens is 721 g/mol. The van der Waals surface area contributed by atoms with Gasteiger partial charge >= 0.3 is 6.03 Å². The summed E-state index contributed by atoms with van der Waals surface area (Å²) >= 11 is 0. The number of methoxy groups -OCH3 is 1. The first kappa shape index (κ1) is 39.5. The molecule has 0 bridgehead atoms. The SMILES string of the molecule is COc1ccc(Cn2cc(N3C[C@@H](NC(=O)Nc4c(C)c(OCC(C)O[Si](C)(C)C(C)(C)C)nn4-c4ccccc4)[C@H](c4ccc(F)c(F)c4)C3)cn2)cc1. The number of hydrogen-bond donors (Lipinski definition) is 2. The zero-order valence-electron chi connectivity index (χ0n) is 32.8. The second-order valence-electron chi connectivity index (χ2n) is 15.7. The van der Waals surface area contributed by atoms with Crippen LogP contribution in [0.3, 0.4) is 0 Å². The lowest BCUT2D eigenvalue weighted by Crippen LogP contribution is -2.44. The summed E-state index contributed by atoms with van der Waals surface area (Å²) < 4.78 is 50.1. The van der Waals surface area contributed by atoms with Crippen molar-refractivity contribution in [3.8, 4) is 17.3 Å². The average Bonchev–Trinajstić information content (AvgIpc) is 3.86. The van der Waals surface area contributed by atoms with Crippen molar-refractivity contribution in [1.29, 1.82) is 0 Å². The van der Waals surface area contributed by atoms with Crippen molar-refractivity contribution in [3.63, 3.8) is 0 Å². The third-order valence-corrected chi connectivity index (χ3v) is 15.2. The van der Waals surface area contributed by atoms with E-state index < -0.39 is 32.0 Å². The van der Waals surface area contributed by atoms with Gasteiger partial charge in [-0.25, -0.2) is 18.3 Å². The smallest absolute Gasteiger partial charge is 0.320 e. The molecule has 1 unspecified atom stereocenters. The van der Waals surface area contributed by atoms with Crippen LogP contribution in [0.2, 0.25) is 18.1 Å². The van der Waals surface area contributed by atoms with Crippen LogP contribution in [0.25, 0.3) is 5.69 Å². The van der Waals surface area contributed by atoms with Gasteiger partial charge in [0.15, 0.2) is 20.0 Å². The summed E-state index contributed by atoms with van der Waals surface area (Å²) in [5.74, 6) is -0.626. The Labute approximate surface area is 322 Å². The van der Waals surface area contributed by atoms with Gasteiger partial charge in [0.05, 0.1) is 48.9 Å². The average molecular weight is 772 g/mol. The van der Waals surface area contributed by atoms with Crippen LogP contribution in [0.15, 0.2) is 85.2 Å². The summed E-state index contributed by atoms with van der Waals surface area (Å²) in [6, 6.07) is 20.2. The molecule has 14 heteroatoms. The van der Waals surface area contributed by atoms with Gasteiger partial charge in [-0.2, -0.15) is 5.10 Å². The largest absolute Gasteiger partial charge is 0.497 e. The van der Waals surface area contributed by atoms with Gasteiger partial charge in [-0.15, -0.1) is 5.10 Å². The molecule has 1 fully saturated rings. The summed E-state index contributed by atoms with van der Waals surface area (Å²) in [6.45, 7) is 16.5. The van der Waals surface area contributed by atoms with Crippen LogP contribution in [-0.4, -0.2) is 72.9 Å². The molecule has 55 heavy (non-hydrogen) atoms. The molecule has 2 aromatic heterocycles. The van der Waals surface area contributed by atoms with E-state index in [0.717, 1.165) is 28.8 Å². The number of amides is 2. The number of carbonyl (C=O) groups excluding carboxylic acids is 1. The first-order chi connectivity index (χ1) is 26.1. The highest BCUT2D eigenvalue weighted by atomic mass is 28.4. The van der Waals surface area contributed by atoms with Crippen LogP contribution in [-0.2, 0) is 11.0 Å². The molecule has 0 saturated carbocycles. The zero-order chi connectivity index (χ0) is 39.5. The molecule has 2 amide bonds. The number of halogens is 2. The molecule has 1 aliphatic rings. The number of urea groups is 1. The van der Waals surface area contributed by atoms with E-state index in [1.807, 2.05) is 79.3 Å². The van der Waals surface area contributed by atoms with Gasteiger partial charge in [0, 0.05) is 25.2 Å². The van der Waals surface area contributed by atoms with Crippen LogP contribution in [0.5, 0.6) is 11.6 Å². The number of hydrogen-bond acceptors (Lipinski definition) is 7. The van der Waals surface area contributed by atoms with E-state index in [9.17, 15) is 13.6 Å². The fourth-order valence-corrected chi connectivity index (χ4v) is 7.93. The molecule has 0 radical (unpaired) electrons. The van der Waals surface area contributed by atoms with Crippen molar-refractivity contribution >= 4 is 25.9 Å². The second-order valence-corrected chi connectivity index (χ2v) is 20.4. The van der Waals surface area contributed by atoms with E-state index in [-0.39, 0.29) is 23.7 Å². The summed E-state index contributed by atoms with van der Waals surface area (Å²) in [5.41, 5.74) is 3.86. The molecule has 0 spiro atoms. The van der Waals surface area contributed by atoms with Gasteiger partial charge in [-0.1, -0.05) is 57.2 Å². The molecule has 3 heterocycles. The topological polar surface area (TPSA) is 108 Å². The lowest BCUT2D eigenvalue weighted by atomic mass is 9.94. The summed E-state index contributed by atoms with van der Waals surface area (Å²) in [6.07, 6.45) is 3.54. The van der Waals surface area contributed by atoms with Gasteiger partial charge in [0.25, 0.3) is 0 Å². The molecule has 0 aliphatic carbocycles. The number of carbonyl (C=O) groups is 1. The molecule has 6 rings (SSSR count). The molecule has 2 N–H and O–H groups in total. The highest BCUT2D eigenvalue weighted by Crippen LogP contribution is 2.38. The third-order valence-electron chi connectivity index (χ3n) is 10.6. The predicted octanol–water partition coefficient (Wildman–Crippen LogP) is 8.30. The maximum atomic E-state index is 14.5. The normalized spacial score (nSPS) is 16.6. The Kier molecular flexibility index (Phi) is 11.7. The lowest BCUT2D eigenvalue weighted by molar-refractivity contribution is 0.126. The molecule has 11 nitrogen and oxygen atoms in total. The Morgan fingerprint density at radius 2 is 1.73 bits per heavy atom. The Balaban J connectivity index is 1.21.